The Morgan fingerprint density at radius 3 is 3.06 bits per heavy atom. The Morgan fingerprint density at radius 1 is 1.38 bits per heavy atom. The molecule has 0 saturated heterocycles. The van der Waals surface area contributed by atoms with E-state index < -0.39 is 0 Å². The number of fused-ring (bicyclic) bond motifs is 1. The molecule has 2 aromatic rings. The number of ether oxygens (including phenoxy) is 1. The first kappa shape index (κ1) is 10.8. The Bertz CT molecular complexity index is 490. The van der Waals surface area contributed by atoms with Gasteiger partial charge in [-0.25, -0.2) is 14.4 Å². The quantitative estimate of drug-likeness (QED) is 0.800. The molecule has 0 spiro atoms. The zero-order chi connectivity index (χ0) is 11.4. The van der Waals surface area contributed by atoms with Crippen LogP contribution in [0.2, 0.25) is 0 Å². The summed E-state index contributed by atoms with van der Waals surface area (Å²) < 4.78 is 18.0. The van der Waals surface area contributed by atoms with E-state index in [1.54, 1.807) is 13.2 Å². The van der Waals surface area contributed by atoms with Crippen molar-refractivity contribution < 1.29 is 9.13 Å². The van der Waals surface area contributed by atoms with Gasteiger partial charge in [0.25, 0.3) is 0 Å². The van der Waals surface area contributed by atoms with Crippen molar-refractivity contribution in [2.75, 3.05) is 25.6 Å². The summed E-state index contributed by atoms with van der Waals surface area (Å²) in [5.74, 6) is 0.332. The smallest absolute Gasteiger partial charge is 0.137 e. The van der Waals surface area contributed by atoms with E-state index >= 15 is 0 Å². The van der Waals surface area contributed by atoms with E-state index in [0.717, 1.165) is 5.52 Å². The van der Waals surface area contributed by atoms with Gasteiger partial charge in [-0.05, 0) is 18.2 Å². The van der Waals surface area contributed by atoms with E-state index in [0.29, 0.717) is 24.4 Å². The molecule has 0 aliphatic heterocycles. The van der Waals surface area contributed by atoms with Crippen molar-refractivity contribution in [1.82, 2.24) is 9.97 Å². The third-order valence-corrected chi connectivity index (χ3v) is 2.20. The highest BCUT2D eigenvalue weighted by atomic mass is 19.1. The van der Waals surface area contributed by atoms with Crippen LogP contribution in [-0.2, 0) is 4.74 Å². The fraction of sp³-hybridized carbons (Fsp3) is 0.273. The normalized spacial score (nSPS) is 10.6. The average Bonchev–Trinajstić information content (AvgIpc) is 2.30. The van der Waals surface area contributed by atoms with Gasteiger partial charge in [0.05, 0.1) is 12.1 Å². The molecule has 4 nitrogen and oxygen atoms in total. The number of halogens is 1. The van der Waals surface area contributed by atoms with Crippen molar-refractivity contribution >= 4 is 16.7 Å². The van der Waals surface area contributed by atoms with Crippen LogP contribution in [-0.4, -0.2) is 30.2 Å². The predicted molar refractivity (Wildman–Crippen MR) is 59.9 cm³/mol. The summed E-state index contributed by atoms with van der Waals surface area (Å²) in [5, 5.41) is 3.75. The molecule has 1 heterocycles. The van der Waals surface area contributed by atoms with E-state index in [2.05, 4.69) is 15.3 Å². The lowest BCUT2D eigenvalue weighted by Crippen LogP contribution is -2.09. The van der Waals surface area contributed by atoms with Crippen LogP contribution in [0, 0.1) is 5.82 Å². The van der Waals surface area contributed by atoms with Crippen LogP contribution in [0.3, 0.4) is 0 Å². The van der Waals surface area contributed by atoms with Gasteiger partial charge in [-0.15, -0.1) is 0 Å². The monoisotopic (exact) mass is 221 g/mol. The van der Waals surface area contributed by atoms with Gasteiger partial charge in [0.2, 0.25) is 0 Å². The molecule has 1 N–H and O–H groups in total. The molecule has 0 bridgehead atoms. The SMILES string of the molecule is COCCNc1ncnc2ccc(F)cc12. The molecule has 0 amide bonds. The molecular formula is C11H12FN3O. The van der Waals surface area contributed by atoms with Gasteiger partial charge in [-0.1, -0.05) is 0 Å². The molecule has 0 aliphatic rings. The van der Waals surface area contributed by atoms with Crippen molar-refractivity contribution in [3.63, 3.8) is 0 Å². The molecule has 0 unspecified atom stereocenters. The predicted octanol–water partition coefficient (Wildman–Crippen LogP) is 1.83. The van der Waals surface area contributed by atoms with E-state index in [1.807, 2.05) is 0 Å². The van der Waals surface area contributed by atoms with Gasteiger partial charge in [-0.3, -0.25) is 0 Å². The van der Waals surface area contributed by atoms with Crippen molar-refractivity contribution in [2.24, 2.45) is 0 Å². The van der Waals surface area contributed by atoms with Crippen molar-refractivity contribution in [3.8, 4) is 0 Å². The third kappa shape index (κ3) is 2.25. The Balaban J connectivity index is 2.32. The minimum atomic E-state index is -0.294. The summed E-state index contributed by atoms with van der Waals surface area (Å²) >= 11 is 0. The highest BCUT2D eigenvalue weighted by Gasteiger charge is 2.03. The minimum Gasteiger partial charge on any atom is -0.383 e. The highest BCUT2D eigenvalue weighted by molar-refractivity contribution is 5.88. The van der Waals surface area contributed by atoms with Gasteiger partial charge in [0.15, 0.2) is 0 Å². The number of methoxy groups -OCH3 is 1. The highest BCUT2D eigenvalue weighted by Crippen LogP contribution is 2.19. The summed E-state index contributed by atoms with van der Waals surface area (Å²) in [6, 6.07) is 4.44. The second-order valence-electron chi connectivity index (χ2n) is 3.30. The second kappa shape index (κ2) is 4.85. The van der Waals surface area contributed by atoms with Crippen LogP contribution in [0.15, 0.2) is 24.5 Å². The lowest BCUT2D eigenvalue weighted by Gasteiger charge is -2.07. The number of hydrogen-bond acceptors (Lipinski definition) is 4. The molecule has 2 rings (SSSR count). The minimum absolute atomic E-state index is 0.294. The van der Waals surface area contributed by atoms with Crippen LogP contribution in [0.4, 0.5) is 10.2 Å². The van der Waals surface area contributed by atoms with Crippen molar-refractivity contribution in [3.05, 3.63) is 30.3 Å². The number of benzene rings is 1. The Hall–Kier alpha value is -1.75. The molecular weight excluding hydrogens is 209 g/mol. The third-order valence-electron chi connectivity index (χ3n) is 2.20. The number of rotatable bonds is 4. The van der Waals surface area contributed by atoms with Crippen LogP contribution < -0.4 is 5.32 Å². The first-order valence-corrected chi connectivity index (χ1v) is 4.94. The Labute approximate surface area is 92.5 Å². The van der Waals surface area contributed by atoms with Gasteiger partial charge >= 0.3 is 0 Å². The topological polar surface area (TPSA) is 47.0 Å². The molecule has 0 fully saturated rings. The van der Waals surface area contributed by atoms with Gasteiger partial charge in [-0.2, -0.15) is 0 Å². The first-order chi connectivity index (χ1) is 7.81. The Kier molecular flexibility index (Phi) is 3.26. The van der Waals surface area contributed by atoms with E-state index in [4.69, 9.17) is 4.74 Å². The molecule has 84 valence electrons. The summed E-state index contributed by atoms with van der Waals surface area (Å²) in [6.07, 6.45) is 1.45. The van der Waals surface area contributed by atoms with E-state index in [9.17, 15) is 4.39 Å². The lowest BCUT2D eigenvalue weighted by atomic mass is 10.2. The maximum absolute atomic E-state index is 13.1. The van der Waals surface area contributed by atoms with Crippen molar-refractivity contribution in [2.45, 2.75) is 0 Å². The van der Waals surface area contributed by atoms with Gasteiger partial charge < -0.3 is 10.1 Å². The fourth-order valence-corrected chi connectivity index (χ4v) is 1.44. The number of aromatic nitrogens is 2. The second-order valence-corrected chi connectivity index (χ2v) is 3.30. The molecule has 1 aromatic heterocycles. The van der Waals surface area contributed by atoms with Crippen LogP contribution in [0.5, 0.6) is 0 Å². The number of nitrogens with zero attached hydrogens (tertiary/aromatic N) is 2. The van der Waals surface area contributed by atoms with Crippen molar-refractivity contribution in [1.29, 1.82) is 0 Å². The van der Waals surface area contributed by atoms with Crippen LogP contribution >= 0.6 is 0 Å². The van der Waals surface area contributed by atoms with Gasteiger partial charge in [0, 0.05) is 19.0 Å². The van der Waals surface area contributed by atoms with Crippen LogP contribution in [0.25, 0.3) is 10.9 Å². The molecule has 0 aliphatic carbocycles. The first-order valence-electron chi connectivity index (χ1n) is 4.94. The van der Waals surface area contributed by atoms with Gasteiger partial charge in [0.1, 0.15) is 18.0 Å². The maximum Gasteiger partial charge on any atom is 0.137 e. The zero-order valence-corrected chi connectivity index (χ0v) is 8.90. The Morgan fingerprint density at radius 2 is 2.25 bits per heavy atom. The fourth-order valence-electron chi connectivity index (χ4n) is 1.44. The molecule has 0 radical (unpaired) electrons. The molecule has 1 aromatic carbocycles. The molecule has 0 atom stereocenters. The molecule has 5 heteroatoms. The summed E-state index contributed by atoms with van der Waals surface area (Å²) in [6.45, 7) is 1.19. The number of anilines is 1. The average molecular weight is 221 g/mol. The standard InChI is InChI=1S/C11H12FN3O/c1-16-5-4-13-11-9-6-8(12)2-3-10(9)14-7-15-11/h2-3,6-7H,4-5H2,1H3,(H,13,14,15). The summed E-state index contributed by atoms with van der Waals surface area (Å²) in [7, 11) is 1.62. The van der Waals surface area contributed by atoms with Crippen LogP contribution in [0.1, 0.15) is 0 Å². The van der Waals surface area contributed by atoms with E-state index in [1.165, 1.54) is 18.5 Å². The number of hydrogen-bond donors (Lipinski definition) is 1. The maximum atomic E-state index is 13.1. The number of nitrogens with one attached hydrogen (secondary N) is 1. The molecule has 0 saturated carbocycles. The largest absolute Gasteiger partial charge is 0.383 e. The summed E-state index contributed by atoms with van der Waals surface area (Å²) in [5.41, 5.74) is 0.719. The zero-order valence-electron chi connectivity index (χ0n) is 8.90. The van der Waals surface area contributed by atoms with E-state index in [-0.39, 0.29) is 5.82 Å². The lowest BCUT2D eigenvalue weighted by molar-refractivity contribution is 0.210. The molecule has 16 heavy (non-hydrogen) atoms. The summed E-state index contributed by atoms with van der Waals surface area (Å²) in [4.78, 5) is 8.14.